The molecule has 0 bridgehead atoms. The summed E-state index contributed by atoms with van der Waals surface area (Å²) in [6.45, 7) is 1.62. The van der Waals surface area contributed by atoms with E-state index in [2.05, 4.69) is 9.72 Å². The summed E-state index contributed by atoms with van der Waals surface area (Å²) in [5, 5.41) is 0. The number of esters is 1. The minimum atomic E-state index is -3.95. The summed E-state index contributed by atoms with van der Waals surface area (Å²) in [6, 6.07) is 12.7. The maximum atomic E-state index is 13.4. The third kappa shape index (κ3) is 3.85. The number of carbonyl (C=O) groups is 1. The van der Waals surface area contributed by atoms with Crippen LogP contribution in [0.25, 0.3) is 0 Å². The molecule has 0 unspecified atom stereocenters. The number of furan rings is 1. The number of rotatable bonds is 6. The molecule has 0 atom stereocenters. The molecular weight excluding hydrogens is 368 g/mol. The number of hydrogen-bond donors (Lipinski definition) is 0. The first-order valence-electron chi connectivity index (χ1n) is 8.08. The molecule has 1 aromatic carbocycles. The fourth-order valence-electron chi connectivity index (χ4n) is 2.64. The van der Waals surface area contributed by atoms with E-state index in [1.165, 1.54) is 42.1 Å². The number of anilines is 1. The van der Waals surface area contributed by atoms with E-state index in [0.717, 1.165) is 0 Å². The second-order valence-corrected chi connectivity index (χ2v) is 7.58. The van der Waals surface area contributed by atoms with Gasteiger partial charge < -0.3 is 9.15 Å². The maximum absolute atomic E-state index is 13.4. The van der Waals surface area contributed by atoms with Gasteiger partial charge in [-0.2, -0.15) is 0 Å². The lowest BCUT2D eigenvalue weighted by molar-refractivity contribution is 0.0600. The van der Waals surface area contributed by atoms with Crippen LogP contribution in [0.15, 0.2) is 70.3 Å². The Morgan fingerprint density at radius 1 is 1.19 bits per heavy atom. The molecule has 2 heterocycles. The summed E-state index contributed by atoms with van der Waals surface area (Å²) in [4.78, 5) is 15.9. The highest BCUT2D eigenvalue weighted by Gasteiger charge is 2.28. The molecule has 0 saturated heterocycles. The number of sulfonamides is 1. The Bertz CT molecular complexity index is 1030. The molecule has 8 heteroatoms. The Morgan fingerprint density at radius 2 is 2.00 bits per heavy atom. The van der Waals surface area contributed by atoms with Crippen molar-refractivity contribution in [3.8, 4) is 0 Å². The zero-order chi connectivity index (χ0) is 19.4. The van der Waals surface area contributed by atoms with Crippen molar-refractivity contribution >= 4 is 21.8 Å². The van der Waals surface area contributed by atoms with Gasteiger partial charge in [0.05, 0.1) is 30.4 Å². The van der Waals surface area contributed by atoms with E-state index in [0.29, 0.717) is 11.3 Å². The number of nitrogens with zero attached hydrogens (tertiary/aromatic N) is 2. The molecule has 0 aliphatic carbocycles. The van der Waals surface area contributed by atoms with Gasteiger partial charge in [-0.05, 0) is 55.0 Å². The van der Waals surface area contributed by atoms with E-state index in [1.807, 2.05) is 0 Å². The topological polar surface area (TPSA) is 89.7 Å². The van der Waals surface area contributed by atoms with E-state index < -0.39 is 16.0 Å². The highest BCUT2D eigenvalue weighted by molar-refractivity contribution is 7.92. The molecule has 27 heavy (non-hydrogen) atoms. The number of ether oxygens (including phenoxy) is 1. The molecule has 3 rings (SSSR count). The van der Waals surface area contributed by atoms with Crippen molar-refractivity contribution in [3.05, 3.63) is 77.9 Å². The van der Waals surface area contributed by atoms with Crippen LogP contribution in [0, 0.1) is 6.92 Å². The van der Waals surface area contributed by atoms with E-state index in [9.17, 15) is 13.2 Å². The van der Waals surface area contributed by atoms with E-state index in [4.69, 9.17) is 4.42 Å². The van der Waals surface area contributed by atoms with Gasteiger partial charge in [-0.25, -0.2) is 22.5 Å². The Labute approximate surface area is 157 Å². The smallest absolute Gasteiger partial charge is 0.337 e. The van der Waals surface area contributed by atoms with Gasteiger partial charge in [0.25, 0.3) is 10.0 Å². The summed E-state index contributed by atoms with van der Waals surface area (Å²) < 4.78 is 37.9. The molecule has 3 aromatic rings. The molecule has 0 saturated carbocycles. The monoisotopic (exact) mass is 386 g/mol. The van der Waals surface area contributed by atoms with E-state index in [1.54, 1.807) is 37.3 Å². The fraction of sp³-hybridized carbons (Fsp3) is 0.158. The molecule has 0 fully saturated rings. The normalized spacial score (nSPS) is 11.2. The van der Waals surface area contributed by atoms with E-state index >= 15 is 0 Å². The quantitative estimate of drug-likeness (QED) is 0.605. The second-order valence-electron chi connectivity index (χ2n) is 5.75. The van der Waals surface area contributed by atoms with Crippen molar-refractivity contribution in [1.29, 1.82) is 0 Å². The average molecular weight is 386 g/mol. The predicted molar refractivity (Wildman–Crippen MR) is 98.8 cm³/mol. The number of benzene rings is 1. The molecule has 0 aliphatic heterocycles. The predicted octanol–water partition coefficient (Wildman–Crippen LogP) is 3.17. The molecule has 0 spiro atoms. The van der Waals surface area contributed by atoms with Crippen molar-refractivity contribution < 1.29 is 22.4 Å². The van der Waals surface area contributed by atoms with Gasteiger partial charge in [-0.1, -0.05) is 6.07 Å². The summed E-state index contributed by atoms with van der Waals surface area (Å²) in [7, 11) is -2.68. The zero-order valence-electron chi connectivity index (χ0n) is 14.8. The molecule has 7 nitrogen and oxygen atoms in total. The lowest BCUT2D eigenvalue weighted by atomic mass is 10.1. The van der Waals surface area contributed by atoms with E-state index in [-0.39, 0.29) is 22.8 Å². The van der Waals surface area contributed by atoms with Crippen LogP contribution in [-0.2, 0) is 21.3 Å². The highest BCUT2D eigenvalue weighted by atomic mass is 32.2. The van der Waals surface area contributed by atoms with Crippen molar-refractivity contribution in [2.24, 2.45) is 0 Å². The number of methoxy groups -OCH3 is 1. The summed E-state index contributed by atoms with van der Waals surface area (Å²) >= 11 is 0. The number of carbonyl (C=O) groups excluding carboxylic acids is 1. The van der Waals surface area contributed by atoms with Crippen molar-refractivity contribution in [1.82, 2.24) is 4.98 Å². The zero-order valence-corrected chi connectivity index (χ0v) is 15.6. The standard InChI is InChI=1S/C19H18N2O5S/c1-14-12-15(19(22)25-2)8-9-17(14)27(23,24)21(13-16-6-5-11-26-16)18-7-3-4-10-20-18/h3-12H,13H2,1-2H3. The number of aryl methyl sites for hydroxylation is 1. The average Bonchev–Trinajstić information content (AvgIpc) is 3.19. The lowest BCUT2D eigenvalue weighted by Crippen LogP contribution is -2.31. The van der Waals surface area contributed by atoms with Crippen LogP contribution in [0.2, 0.25) is 0 Å². The Hall–Kier alpha value is -3.13. The largest absolute Gasteiger partial charge is 0.467 e. The van der Waals surface area contributed by atoms with Crippen LogP contribution in [0.1, 0.15) is 21.7 Å². The third-order valence-corrected chi connectivity index (χ3v) is 5.86. The first-order valence-corrected chi connectivity index (χ1v) is 9.52. The van der Waals surface area contributed by atoms with Crippen molar-refractivity contribution in [2.45, 2.75) is 18.4 Å². The Morgan fingerprint density at radius 3 is 2.59 bits per heavy atom. The Balaban J connectivity index is 2.06. The number of hydrogen-bond acceptors (Lipinski definition) is 6. The van der Waals surface area contributed by atoms with Gasteiger partial charge in [-0.3, -0.25) is 0 Å². The third-order valence-electron chi connectivity index (χ3n) is 3.95. The minimum Gasteiger partial charge on any atom is -0.467 e. The van der Waals surface area contributed by atoms with Gasteiger partial charge in [-0.15, -0.1) is 0 Å². The molecule has 0 N–H and O–H groups in total. The van der Waals surface area contributed by atoms with Gasteiger partial charge >= 0.3 is 5.97 Å². The van der Waals surface area contributed by atoms with Crippen LogP contribution < -0.4 is 4.31 Å². The van der Waals surface area contributed by atoms with Crippen LogP contribution in [0.5, 0.6) is 0 Å². The second kappa shape index (κ2) is 7.63. The highest BCUT2D eigenvalue weighted by Crippen LogP contribution is 2.27. The van der Waals surface area contributed by atoms with Crippen LogP contribution in [0.3, 0.4) is 0 Å². The van der Waals surface area contributed by atoms with Gasteiger partial charge in [0.1, 0.15) is 11.6 Å². The molecule has 0 radical (unpaired) electrons. The van der Waals surface area contributed by atoms with Crippen LogP contribution in [0.4, 0.5) is 5.82 Å². The number of pyridine rings is 1. The summed E-state index contributed by atoms with van der Waals surface area (Å²) in [6.07, 6.45) is 3.00. The van der Waals surface area contributed by atoms with Gasteiger partial charge in [0.2, 0.25) is 0 Å². The number of aromatic nitrogens is 1. The SMILES string of the molecule is COC(=O)c1ccc(S(=O)(=O)N(Cc2ccco2)c2ccccn2)c(C)c1. The molecular formula is C19H18N2O5S. The Kier molecular flexibility index (Phi) is 5.27. The van der Waals surface area contributed by atoms with Gasteiger partial charge in [0.15, 0.2) is 0 Å². The maximum Gasteiger partial charge on any atom is 0.337 e. The summed E-state index contributed by atoms with van der Waals surface area (Å²) in [5.41, 5.74) is 0.711. The van der Waals surface area contributed by atoms with Crippen LogP contribution >= 0.6 is 0 Å². The van der Waals surface area contributed by atoms with Crippen LogP contribution in [-0.4, -0.2) is 26.5 Å². The molecule has 0 amide bonds. The first kappa shape index (κ1) is 18.7. The summed E-state index contributed by atoms with van der Waals surface area (Å²) in [5.74, 6) is 0.220. The first-order chi connectivity index (χ1) is 12.9. The molecule has 140 valence electrons. The minimum absolute atomic E-state index is 0.00939. The van der Waals surface area contributed by atoms with Crippen molar-refractivity contribution in [2.75, 3.05) is 11.4 Å². The van der Waals surface area contributed by atoms with Gasteiger partial charge in [0, 0.05) is 6.20 Å². The lowest BCUT2D eigenvalue weighted by Gasteiger charge is -2.23. The fourth-order valence-corrected chi connectivity index (χ4v) is 4.23. The van der Waals surface area contributed by atoms with Crippen molar-refractivity contribution in [3.63, 3.8) is 0 Å². The molecule has 2 aromatic heterocycles. The molecule has 0 aliphatic rings.